The fourth-order valence-corrected chi connectivity index (χ4v) is 2.71. The molecule has 0 unspecified atom stereocenters. The third kappa shape index (κ3) is 3.05. The first-order valence-electron chi connectivity index (χ1n) is 8.17. The van der Waals surface area contributed by atoms with Gasteiger partial charge < -0.3 is 5.32 Å². The Balaban J connectivity index is 1.74. The highest BCUT2D eigenvalue weighted by molar-refractivity contribution is 6.04. The first-order valence-corrected chi connectivity index (χ1v) is 8.17. The molecule has 6 nitrogen and oxygen atoms in total. The Morgan fingerprint density at radius 3 is 2.68 bits per heavy atom. The van der Waals surface area contributed by atoms with Crippen molar-refractivity contribution >= 4 is 22.6 Å². The van der Waals surface area contributed by atoms with Crippen LogP contribution in [0.15, 0.2) is 60.8 Å². The van der Waals surface area contributed by atoms with Crippen molar-refractivity contribution in [3.05, 3.63) is 83.6 Å². The molecule has 0 aliphatic rings. The molecule has 0 aliphatic carbocycles. The van der Waals surface area contributed by atoms with Gasteiger partial charge in [0.15, 0.2) is 23.3 Å². The van der Waals surface area contributed by atoms with Crippen LogP contribution in [0, 0.1) is 23.0 Å². The van der Waals surface area contributed by atoms with Crippen LogP contribution in [-0.4, -0.2) is 20.7 Å². The van der Waals surface area contributed by atoms with E-state index in [0.717, 1.165) is 23.6 Å². The number of nitrogens with one attached hydrogen (secondary N) is 1. The van der Waals surface area contributed by atoms with Crippen LogP contribution in [0.3, 0.4) is 0 Å². The van der Waals surface area contributed by atoms with E-state index in [1.807, 2.05) is 36.4 Å². The number of aromatic nitrogens is 3. The molecule has 0 spiro atoms. The Hall–Kier alpha value is -4.12. The summed E-state index contributed by atoms with van der Waals surface area (Å²) in [6.07, 6.45) is 1.29. The van der Waals surface area contributed by atoms with Gasteiger partial charge in [-0.1, -0.05) is 18.2 Å². The average Bonchev–Trinajstić information content (AvgIpc) is 3.12. The number of amides is 1. The molecular formula is C20H11F2N5O. The molecule has 2 aromatic carbocycles. The third-order valence-electron chi connectivity index (χ3n) is 4.10. The fourth-order valence-electron chi connectivity index (χ4n) is 2.71. The van der Waals surface area contributed by atoms with Gasteiger partial charge in [-0.05, 0) is 36.4 Å². The van der Waals surface area contributed by atoms with E-state index in [2.05, 4.69) is 15.4 Å². The Kier molecular flexibility index (Phi) is 4.26. The molecule has 4 rings (SSSR count). The van der Waals surface area contributed by atoms with E-state index in [4.69, 9.17) is 0 Å². The number of hydrogen-bond donors (Lipinski definition) is 1. The molecule has 1 amide bonds. The lowest BCUT2D eigenvalue weighted by Gasteiger charge is -2.10. The van der Waals surface area contributed by atoms with Crippen LogP contribution >= 0.6 is 0 Å². The number of rotatable bonds is 3. The molecule has 4 aromatic rings. The quantitative estimate of drug-likeness (QED) is 0.590. The summed E-state index contributed by atoms with van der Waals surface area (Å²) in [5.74, 6) is -2.43. The molecule has 0 atom stereocenters. The molecular weight excluding hydrogens is 364 g/mol. The van der Waals surface area contributed by atoms with Gasteiger partial charge in [-0.15, -0.1) is 0 Å². The highest BCUT2D eigenvalue weighted by atomic mass is 19.2. The number of hydrogen-bond acceptors (Lipinski definition) is 4. The van der Waals surface area contributed by atoms with Crippen LogP contribution in [0.4, 0.5) is 14.6 Å². The van der Waals surface area contributed by atoms with Crippen LogP contribution in [-0.2, 0) is 0 Å². The van der Waals surface area contributed by atoms with Gasteiger partial charge in [0.1, 0.15) is 11.6 Å². The van der Waals surface area contributed by atoms with Gasteiger partial charge in [-0.25, -0.2) is 13.8 Å². The summed E-state index contributed by atoms with van der Waals surface area (Å²) in [5, 5.41) is 16.9. The SMILES string of the molecule is N#Cc1cnn(-c2ccc3ccccc3n2)c1NC(=O)c1ccc(F)c(F)c1. The summed E-state index contributed by atoms with van der Waals surface area (Å²) < 4.78 is 27.8. The number of halogens is 2. The Morgan fingerprint density at radius 1 is 1.07 bits per heavy atom. The Bertz CT molecular complexity index is 1260. The monoisotopic (exact) mass is 375 g/mol. The van der Waals surface area contributed by atoms with Gasteiger partial charge in [-0.3, -0.25) is 4.79 Å². The fraction of sp³-hybridized carbons (Fsp3) is 0. The number of fused-ring (bicyclic) bond motifs is 1. The third-order valence-corrected chi connectivity index (χ3v) is 4.10. The van der Waals surface area contributed by atoms with Gasteiger partial charge in [-0.2, -0.15) is 15.0 Å². The van der Waals surface area contributed by atoms with E-state index < -0.39 is 17.5 Å². The zero-order chi connectivity index (χ0) is 19.7. The molecule has 2 aromatic heterocycles. The van der Waals surface area contributed by atoms with Crippen LogP contribution in [0.25, 0.3) is 16.7 Å². The topological polar surface area (TPSA) is 83.6 Å². The number of pyridine rings is 1. The van der Waals surface area contributed by atoms with Crippen molar-refractivity contribution in [2.75, 3.05) is 5.32 Å². The second-order valence-corrected chi connectivity index (χ2v) is 5.88. The number of anilines is 1. The number of carbonyl (C=O) groups is 1. The van der Waals surface area contributed by atoms with Gasteiger partial charge in [0, 0.05) is 10.9 Å². The molecule has 0 saturated carbocycles. The van der Waals surface area contributed by atoms with E-state index in [0.29, 0.717) is 11.3 Å². The molecule has 1 N–H and O–H groups in total. The summed E-state index contributed by atoms with van der Waals surface area (Å²) in [7, 11) is 0. The molecule has 0 bridgehead atoms. The smallest absolute Gasteiger partial charge is 0.256 e. The molecule has 2 heterocycles. The molecule has 0 fully saturated rings. The minimum Gasteiger partial charge on any atom is -0.305 e. The summed E-state index contributed by atoms with van der Waals surface area (Å²) in [6, 6.07) is 15.7. The first-order chi connectivity index (χ1) is 13.6. The number of nitrogens with zero attached hydrogens (tertiary/aromatic N) is 4. The maximum Gasteiger partial charge on any atom is 0.256 e. The number of nitriles is 1. The number of para-hydroxylation sites is 1. The van der Waals surface area contributed by atoms with Gasteiger partial charge in [0.2, 0.25) is 0 Å². The maximum atomic E-state index is 13.4. The minimum atomic E-state index is -1.14. The summed E-state index contributed by atoms with van der Waals surface area (Å²) in [5.41, 5.74) is 0.722. The van der Waals surface area contributed by atoms with Crippen molar-refractivity contribution in [3.63, 3.8) is 0 Å². The van der Waals surface area contributed by atoms with Crippen LogP contribution in [0.2, 0.25) is 0 Å². The van der Waals surface area contributed by atoms with Crippen molar-refractivity contribution in [2.24, 2.45) is 0 Å². The first kappa shape index (κ1) is 17.3. The minimum absolute atomic E-state index is 0.0833. The standard InChI is InChI=1S/C20H11F2N5O/c21-15-7-5-13(9-16(15)22)20(28)26-19-14(10-23)11-24-27(19)18-8-6-12-3-1-2-4-17(12)25-18/h1-9,11H,(H,26,28). The zero-order valence-electron chi connectivity index (χ0n) is 14.2. The lowest BCUT2D eigenvalue weighted by molar-refractivity contribution is 0.102. The number of carbonyl (C=O) groups excluding carboxylic acids is 1. The molecule has 0 radical (unpaired) electrons. The van der Waals surface area contributed by atoms with Gasteiger partial charge in [0.05, 0.1) is 11.7 Å². The predicted octanol–water partition coefficient (Wildman–Crippen LogP) is 3.82. The van der Waals surface area contributed by atoms with Crippen LogP contribution < -0.4 is 5.32 Å². The van der Waals surface area contributed by atoms with Gasteiger partial charge >= 0.3 is 0 Å². The van der Waals surface area contributed by atoms with Crippen molar-refractivity contribution in [3.8, 4) is 11.9 Å². The van der Waals surface area contributed by atoms with Crippen molar-refractivity contribution in [1.29, 1.82) is 5.26 Å². The summed E-state index contributed by atoms with van der Waals surface area (Å²) >= 11 is 0. The lowest BCUT2D eigenvalue weighted by Crippen LogP contribution is -2.16. The molecule has 8 heteroatoms. The highest BCUT2D eigenvalue weighted by Crippen LogP contribution is 2.22. The van der Waals surface area contributed by atoms with E-state index in [1.165, 1.54) is 10.9 Å². The predicted molar refractivity (Wildman–Crippen MR) is 97.9 cm³/mol. The molecule has 136 valence electrons. The lowest BCUT2D eigenvalue weighted by atomic mass is 10.2. The summed E-state index contributed by atoms with van der Waals surface area (Å²) in [6.45, 7) is 0. The Morgan fingerprint density at radius 2 is 1.89 bits per heavy atom. The average molecular weight is 375 g/mol. The summed E-state index contributed by atoms with van der Waals surface area (Å²) in [4.78, 5) is 17.0. The van der Waals surface area contributed by atoms with E-state index in [9.17, 15) is 18.8 Å². The number of benzene rings is 2. The van der Waals surface area contributed by atoms with Crippen molar-refractivity contribution < 1.29 is 13.6 Å². The van der Waals surface area contributed by atoms with Gasteiger partial charge in [0.25, 0.3) is 5.91 Å². The zero-order valence-corrected chi connectivity index (χ0v) is 14.2. The molecule has 28 heavy (non-hydrogen) atoms. The molecule has 0 aliphatic heterocycles. The van der Waals surface area contributed by atoms with Crippen molar-refractivity contribution in [2.45, 2.75) is 0 Å². The Labute approximate surface area is 157 Å². The highest BCUT2D eigenvalue weighted by Gasteiger charge is 2.18. The largest absolute Gasteiger partial charge is 0.305 e. The van der Waals surface area contributed by atoms with E-state index in [1.54, 1.807) is 6.07 Å². The second kappa shape index (κ2) is 6.89. The normalized spacial score (nSPS) is 10.6. The maximum absolute atomic E-state index is 13.4. The van der Waals surface area contributed by atoms with E-state index in [-0.39, 0.29) is 16.9 Å². The van der Waals surface area contributed by atoms with Crippen molar-refractivity contribution in [1.82, 2.24) is 14.8 Å². The van der Waals surface area contributed by atoms with E-state index >= 15 is 0 Å². The van der Waals surface area contributed by atoms with Crippen LogP contribution in [0.1, 0.15) is 15.9 Å². The molecule has 0 saturated heterocycles. The van der Waals surface area contributed by atoms with Crippen LogP contribution in [0.5, 0.6) is 0 Å². The second-order valence-electron chi connectivity index (χ2n) is 5.88.